The van der Waals surface area contributed by atoms with Gasteiger partial charge >= 0.3 is 0 Å². The van der Waals surface area contributed by atoms with E-state index in [4.69, 9.17) is 4.74 Å². The molecule has 2 nitrogen and oxygen atoms in total. The minimum absolute atomic E-state index is 0.461. The molecule has 1 aliphatic rings. The van der Waals surface area contributed by atoms with Gasteiger partial charge in [-0.05, 0) is 45.1 Å². The maximum atomic E-state index is 5.89. The highest BCUT2D eigenvalue weighted by molar-refractivity contribution is 4.79. The van der Waals surface area contributed by atoms with E-state index in [-0.39, 0.29) is 0 Å². The standard InChI is InChI=1S/C15H29NO/c1-3-5-6-7-8-11-14(16-4-2)15-12-9-10-13-17-15/h3,14-16H,1,4-13H2,2H3. The highest BCUT2D eigenvalue weighted by atomic mass is 16.5. The topological polar surface area (TPSA) is 21.3 Å². The normalized spacial score (nSPS) is 22.3. The summed E-state index contributed by atoms with van der Waals surface area (Å²) in [7, 11) is 0. The van der Waals surface area contributed by atoms with Crippen LogP contribution in [0.1, 0.15) is 58.3 Å². The Morgan fingerprint density at radius 2 is 2.24 bits per heavy atom. The molecule has 17 heavy (non-hydrogen) atoms. The Labute approximate surface area is 107 Å². The molecule has 1 fully saturated rings. The lowest BCUT2D eigenvalue weighted by Gasteiger charge is -2.31. The van der Waals surface area contributed by atoms with Crippen LogP contribution in [0, 0.1) is 0 Å². The number of allylic oxidation sites excluding steroid dienone is 1. The summed E-state index contributed by atoms with van der Waals surface area (Å²) in [5.41, 5.74) is 0. The smallest absolute Gasteiger partial charge is 0.0728 e. The Hall–Kier alpha value is -0.340. The zero-order valence-electron chi connectivity index (χ0n) is 11.4. The maximum absolute atomic E-state index is 5.89. The van der Waals surface area contributed by atoms with Crippen molar-refractivity contribution in [3.8, 4) is 0 Å². The quantitative estimate of drug-likeness (QED) is 0.489. The third kappa shape index (κ3) is 6.23. The van der Waals surface area contributed by atoms with E-state index in [1.807, 2.05) is 6.08 Å². The molecule has 0 aromatic heterocycles. The lowest BCUT2D eigenvalue weighted by Crippen LogP contribution is -2.42. The van der Waals surface area contributed by atoms with Crippen molar-refractivity contribution in [3.63, 3.8) is 0 Å². The van der Waals surface area contributed by atoms with Crippen LogP contribution in [0.15, 0.2) is 12.7 Å². The molecule has 0 amide bonds. The molecule has 0 saturated carbocycles. The van der Waals surface area contributed by atoms with Crippen molar-refractivity contribution in [2.45, 2.75) is 70.4 Å². The molecule has 1 heterocycles. The van der Waals surface area contributed by atoms with Gasteiger partial charge in [0, 0.05) is 12.6 Å². The second-order valence-corrected chi connectivity index (χ2v) is 5.00. The summed E-state index contributed by atoms with van der Waals surface area (Å²) in [6.07, 6.45) is 12.6. The van der Waals surface area contributed by atoms with Crippen molar-refractivity contribution >= 4 is 0 Å². The third-order valence-electron chi connectivity index (χ3n) is 3.55. The summed E-state index contributed by atoms with van der Waals surface area (Å²) in [6.45, 7) is 7.97. The minimum atomic E-state index is 0.461. The van der Waals surface area contributed by atoms with Crippen molar-refractivity contribution in [1.82, 2.24) is 5.32 Å². The summed E-state index contributed by atoms with van der Waals surface area (Å²) < 4.78 is 5.89. The molecule has 1 aliphatic heterocycles. The second-order valence-electron chi connectivity index (χ2n) is 5.00. The predicted octanol–water partition coefficient (Wildman–Crippen LogP) is 3.67. The van der Waals surface area contributed by atoms with Gasteiger partial charge in [0.1, 0.15) is 0 Å². The van der Waals surface area contributed by atoms with Crippen molar-refractivity contribution < 1.29 is 4.74 Å². The molecule has 0 aromatic carbocycles. The fourth-order valence-corrected chi connectivity index (χ4v) is 2.59. The van der Waals surface area contributed by atoms with Crippen molar-refractivity contribution in [2.75, 3.05) is 13.2 Å². The van der Waals surface area contributed by atoms with Crippen LogP contribution < -0.4 is 5.32 Å². The molecule has 0 aromatic rings. The summed E-state index contributed by atoms with van der Waals surface area (Å²) in [6, 6.07) is 0.573. The first kappa shape index (κ1) is 14.7. The Morgan fingerprint density at radius 1 is 1.35 bits per heavy atom. The first-order chi connectivity index (χ1) is 8.38. The molecular weight excluding hydrogens is 210 g/mol. The molecule has 2 atom stereocenters. The second kappa shape index (κ2) is 9.67. The van der Waals surface area contributed by atoms with Crippen LogP contribution in [0.5, 0.6) is 0 Å². The zero-order valence-corrected chi connectivity index (χ0v) is 11.4. The van der Waals surface area contributed by atoms with E-state index in [0.29, 0.717) is 12.1 Å². The first-order valence-electron chi connectivity index (χ1n) is 7.34. The van der Waals surface area contributed by atoms with Gasteiger partial charge in [-0.1, -0.05) is 25.8 Å². The number of rotatable bonds is 9. The highest BCUT2D eigenvalue weighted by Gasteiger charge is 2.22. The zero-order chi connectivity index (χ0) is 12.3. The summed E-state index contributed by atoms with van der Waals surface area (Å²) >= 11 is 0. The average Bonchev–Trinajstić information content (AvgIpc) is 2.38. The molecule has 2 unspecified atom stereocenters. The number of nitrogens with one attached hydrogen (secondary N) is 1. The Kier molecular flexibility index (Phi) is 8.37. The molecule has 1 saturated heterocycles. The van der Waals surface area contributed by atoms with Crippen LogP contribution in [0.4, 0.5) is 0 Å². The largest absolute Gasteiger partial charge is 0.377 e. The van der Waals surface area contributed by atoms with Gasteiger partial charge in [-0.3, -0.25) is 0 Å². The predicted molar refractivity (Wildman–Crippen MR) is 74.3 cm³/mol. The van der Waals surface area contributed by atoms with Crippen LogP contribution in [-0.4, -0.2) is 25.3 Å². The van der Waals surface area contributed by atoms with Crippen molar-refractivity contribution in [2.24, 2.45) is 0 Å². The SMILES string of the molecule is C=CCCCCCC(NCC)C1CCCCO1. The summed E-state index contributed by atoms with van der Waals surface area (Å²) in [5, 5.41) is 3.60. The number of likely N-dealkylation sites (N-methyl/N-ethyl adjacent to an activating group) is 1. The maximum Gasteiger partial charge on any atom is 0.0728 e. The van der Waals surface area contributed by atoms with Gasteiger partial charge in [-0.25, -0.2) is 0 Å². The van der Waals surface area contributed by atoms with Crippen molar-refractivity contribution in [3.05, 3.63) is 12.7 Å². The van der Waals surface area contributed by atoms with Gasteiger partial charge in [0.2, 0.25) is 0 Å². The average molecular weight is 239 g/mol. The molecule has 0 bridgehead atoms. The van der Waals surface area contributed by atoms with Crippen LogP contribution in [-0.2, 0) is 4.74 Å². The molecular formula is C15H29NO. The molecule has 2 heteroatoms. The lowest BCUT2D eigenvalue weighted by molar-refractivity contribution is -0.00941. The lowest BCUT2D eigenvalue weighted by atomic mass is 9.97. The van der Waals surface area contributed by atoms with Gasteiger partial charge in [-0.15, -0.1) is 6.58 Å². The third-order valence-corrected chi connectivity index (χ3v) is 3.55. The van der Waals surface area contributed by atoms with E-state index in [1.165, 1.54) is 44.9 Å². The van der Waals surface area contributed by atoms with E-state index >= 15 is 0 Å². The number of ether oxygens (including phenoxy) is 1. The number of hydrogen-bond donors (Lipinski definition) is 1. The fourth-order valence-electron chi connectivity index (χ4n) is 2.59. The van der Waals surface area contributed by atoms with E-state index in [9.17, 15) is 0 Å². The first-order valence-corrected chi connectivity index (χ1v) is 7.34. The van der Waals surface area contributed by atoms with Gasteiger partial charge in [0.25, 0.3) is 0 Å². The molecule has 0 radical (unpaired) electrons. The Morgan fingerprint density at radius 3 is 2.88 bits per heavy atom. The van der Waals surface area contributed by atoms with Gasteiger partial charge in [-0.2, -0.15) is 0 Å². The Balaban J connectivity index is 2.19. The van der Waals surface area contributed by atoms with Crippen LogP contribution in [0.3, 0.4) is 0 Å². The molecule has 1 rings (SSSR count). The van der Waals surface area contributed by atoms with Gasteiger partial charge in [0.15, 0.2) is 0 Å². The monoisotopic (exact) mass is 239 g/mol. The minimum Gasteiger partial charge on any atom is -0.377 e. The number of unbranched alkanes of at least 4 members (excludes halogenated alkanes) is 3. The molecule has 0 spiro atoms. The van der Waals surface area contributed by atoms with E-state index in [2.05, 4.69) is 18.8 Å². The van der Waals surface area contributed by atoms with Gasteiger partial charge in [0.05, 0.1) is 6.10 Å². The van der Waals surface area contributed by atoms with E-state index in [1.54, 1.807) is 0 Å². The van der Waals surface area contributed by atoms with Crippen LogP contribution in [0.2, 0.25) is 0 Å². The highest BCUT2D eigenvalue weighted by Crippen LogP contribution is 2.19. The van der Waals surface area contributed by atoms with Crippen LogP contribution in [0.25, 0.3) is 0 Å². The van der Waals surface area contributed by atoms with Crippen molar-refractivity contribution in [1.29, 1.82) is 0 Å². The van der Waals surface area contributed by atoms with E-state index < -0.39 is 0 Å². The van der Waals surface area contributed by atoms with Gasteiger partial charge < -0.3 is 10.1 Å². The molecule has 0 aliphatic carbocycles. The summed E-state index contributed by atoms with van der Waals surface area (Å²) in [5.74, 6) is 0. The van der Waals surface area contributed by atoms with Crippen LogP contribution >= 0.6 is 0 Å². The molecule has 1 N–H and O–H groups in total. The summed E-state index contributed by atoms with van der Waals surface area (Å²) in [4.78, 5) is 0. The van der Waals surface area contributed by atoms with E-state index in [0.717, 1.165) is 19.6 Å². The Bertz CT molecular complexity index is 187. The molecule has 100 valence electrons. The fraction of sp³-hybridized carbons (Fsp3) is 0.867. The number of hydrogen-bond acceptors (Lipinski definition) is 2.